The molecule has 1 aromatic carbocycles. The van der Waals surface area contributed by atoms with E-state index < -0.39 is 0 Å². The van der Waals surface area contributed by atoms with Crippen LogP contribution in [0, 0.1) is 11.3 Å². The van der Waals surface area contributed by atoms with E-state index in [1.165, 1.54) is 43.0 Å². The molecule has 4 rings (SSSR count). The summed E-state index contributed by atoms with van der Waals surface area (Å²) in [4.78, 5) is 4.85. The number of nitrogens with one attached hydrogen (secondary N) is 1. The smallest absolute Gasteiger partial charge is 0.183 e. The molecule has 3 aromatic rings. The fourth-order valence-corrected chi connectivity index (χ4v) is 4.48. The number of benzene rings is 1. The van der Waals surface area contributed by atoms with Crippen molar-refractivity contribution in [3.8, 4) is 17.3 Å². The minimum absolute atomic E-state index is 0.518. The number of para-hydroxylation sites is 1. The third-order valence-electron chi connectivity index (χ3n) is 4.97. The highest BCUT2D eigenvalue weighted by atomic mass is 32.1. The molecule has 25 heavy (non-hydrogen) atoms. The van der Waals surface area contributed by atoms with Crippen LogP contribution in [0.1, 0.15) is 38.5 Å². The number of anilines is 1. The first kappa shape index (κ1) is 16.2. The Morgan fingerprint density at radius 2 is 2.08 bits per heavy atom. The van der Waals surface area contributed by atoms with Gasteiger partial charge < -0.3 is 9.88 Å². The molecule has 2 heterocycles. The van der Waals surface area contributed by atoms with Crippen molar-refractivity contribution in [3.05, 3.63) is 35.8 Å². The number of hydrogen-bond acceptors (Lipinski definition) is 4. The lowest BCUT2D eigenvalue weighted by molar-refractivity contribution is 0.462. The molecule has 2 aromatic heterocycles. The molecule has 0 radical (unpaired) electrons. The molecule has 0 atom stereocenters. The molecular formula is C20H22N4S. The summed E-state index contributed by atoms with van der Waals surface area (Å²) in [5.41, 5.74) is 3.35. The molecule has 0 saturated heterocycles. The van der Waals surface area contributed by atoms with Gasteiger partial charge >= 0.3 is 0 Å². The first-order chi connectivity index (χ1) is 12.3. The number of aryl methyl sites for hydroxylation is 1. The van der Waals surface area contributed by atoms with E-state index in [0.29, 0.717) is 19.0 Å². The number of thiazole rings is 1. The van der Waals surface area contributed by atoms with Crippen LogP contribution >= 0.6 is 11.3 Å². The second kappa shape index (κ2) is 7.28. The highest BCUT2D eigenvalue weighted by Crippen LogP contribution is 2.33. The number of nitrogens with zero attached hydrogens (tertiary/aromatic N) is 3. The maximum atomic E-state index is 8.90. The summed E-state index contributed by atoms with van der Waals surface area (Å²) in [6.07, 6.45) is 9.17. The van der Waals surface area contributed by atoms with Crippen molar-refractivity contribution >= 4 is 27.4 Å². The predicted molar refractivity (Wildman–Crippen MR) is 104 cm³/mol. The van der Waals surface area contributed by atoms with Gasteiger partial charge in [0, 0.05) is 40.6 Å². The van der Waals surface area contributed by atoms with Crippen LogP contribution in [-0.2, 0) is 6.54 Å². The van der Waals surface area contributed by atoms with Crippen LogP contribution < -0.4 is 5.32 Å². The van der Waals surface area contributed by atoms with Gasteiger partial charge in [0.15, 0.2) is 5.13 Å². The van der Waals surface area contributed by atoms with Crippen LogP contribution in [0.15, 0.2) is 35.8 Å². The fraction of sp³-hybridized carbons (Fsp3) is 0.400. The summed E-state index contributed by atoms with van der Waals surface area (Å²) in [5.74, 6) is 0. The second-order valence-electron chi connectivity index (χ2n) is 6.68. The molecule has 0 aliphatic heterocycles. The summed E-state index contributed by atoms with van der Waals surface area (Å²) in [6.45, 7) is 0.717. The molecule has 0 spiro atoms. The Balaban J connectivity index is 1.62. The van der Waals surface area contributed by atoms with Gasteiger partial charge in [0.25, 0.3) is 0 Å². The molecule has 128 valence electrons. The average Bonchev–Trinajstić information content (AvgIpc) is 3.25. The molecule has 1 N–H and O–H groups in total. The van der Waals surface area contributed by atoms with Crippen LogP contribution in [0.5, 0.6) is 0 Å². The Morgan fingerprint density at radius 3 is 2.92 bits per heavy atom. The Hall–Kier alpha value is -2.32. The summed E-state index contributed by atoms with van der Waals surface area (Å²) >= 11 is 1.69. The quantitative estimate of drug-likeness (QED) is 0.668. The maximum Gasteiger partial charge on any atom is 0.183 e. The molecule has 1 aliphatic rings. The van der Waals surface area contributed by atoms with Crippen LogP contribution in [0.25, 0.3) is 22.2 Å². The summed E-state index contributed by atoms with van der Waals surface area (Å²) in [6, 6.07) is 11.2. The van der Waals surface area contributed by atoms with Crippen LogP contribution in [-0.4, -0.2) is 15.6 Å². The largest absolute Gasteiger partial charge is 0.359 e. The van der Waals surface area contributed by atoms with Gasteiger partial charge in [-0.2, -0.15) is 5.26 Å². The summed E-state index contributed by atoms with van der Waals surface area (Å²) in [5, 5.41) is 16.9. The number of hydrogen-bond donors (Lipinski definition) is 1. The Labute approximate surface area is 152 Å². The third kappa shape index (κ3) is 3.40. The predicted octanol–water partition coefficient (Wildman–Crippen LogP) is 5.42. The third-order valence-corrected chi connectivity index (χ3v) is 5.74. The zero-order valence-electron chi connectivity index (χ0n) is 14.2. The van der Waals surface area contributed by atoms with Gasteiger partial charge in [-0.05, 0) is 18.9 Å². The summed E-state index contributed by atoms with van der Waals surface area (Å²) < 4.78 is 2.17. The maximum absolute atomic E-state index is 8.90. The Kier molecular flexibility index (Phi) is 4.71. The van der Waals surface area contributed by atoms with Crippen molar-refractivity contribution in [2.45, 2.75) is 51.1 Å². The van der Waals surface area contributed by atoms with Gasteiger partial charge in [-0.3, -0.25) is 0 Å². The molecular weight excluding hydrogens is 328 g/mol. The van der Waals surface area contributed by atoms with E-state index in [-0.39, 0.29) is 0 Å². The highest BCUT2D eigenvalue weighted by Gasteiger charge is 2.16. The van der Waals surface area contributed by atoms with E-state index >= 15 is 0 Å². The second-order valence-corrected chi connectivity index (χ2v) is 7.54. The first-order valence-electron chi connectivity index (χ1n) is 9.02. The van der Waals surface area contributed by atoms with E-state index in [1.54, 1.807) is 11.3 Å². The van der Waals surface area contributed by atoms with E-state index in [1.807, 2.05) is 6.07 Å². The van der Waals surface area contributed by atoms with Gasteiger partial charge in [-0.25, -0.2) is 4.98 Å². The van der Waals surface area contributed by atoms with Crippen molar-refractivity contribution in [1.29, 1.82) is 5.26 Å². The van der Waals surface area contributed by atoms with Crippen molar-refractivity contribution in [2.24, 2.45) is 0 Å². The SMILES string of the molecule is N#CCCn1cc(-c2csc(NC3CCCCC3)n2)c2ccccc21. The Bertz CT molecular complexity index is 896. The molecule has 5 heteroatoms. The number of rotatable bonds is 5. The van der Waals surface area contributed by atoms with Crippen molar-refractivity contribution in [1.82, 2.24) is 9.55 Å². The topological polar surface area (TPSA) is 53.6 Å². The van der Waals surface area contributed by atoms with Crippen LogP contribution in [0.2, 0.25) is 0 Å². The van der Waals surface area contributed by atoms with E-state index in [4.69, 9.17) is 10.2 Å². The van der Waals surface area contributed by atoms with Crippen molar-refractivity contribution in [2.75, 3.05) is 5.32 Å². The minimum Gasteiger partial charge on any atom is -0.359 e. The molecule has 1 aliphatic carbocycles. The molecule has 0 bridgehead atoms. The zero-order chi connectivity index (χ0) is 17.1. The van der Waals surface area contributed by atoms with Gasteiger partial charge in [0.2, 0.25) is 0 Å². The number of nitriles is 1. The first-order valence-corrected chi connectivity index (χ1v) is 9.90. The summed E-state index contributed by atoms with van der Waals surface area (Å²) in [7, 11) is 0. The van der Waals surface area contributed by atoms with Gasteiger partial charge in [0.1, 0.15) is 0 Å². The van der Waals surface area contributed by atoms with Crippen LogP contribution in [0.4, 0.5) is 5.13 Å². The van der Waals surface area contributed by atoms with E-state index in [2.05, 4.69) is 45.7 Å². The molecule has 0 unspecified atom stereocenters. The van der Waals surface area contributed by atoms with Crippen LogP contribution in [0.3, 0.4) is 0 Å². The average molecular weight is 350 g/mol. The number of aromatic nitrogens is 2. The van der Waals surface area contributed by atoms with E-state index in [0.717, 1.165) is 16.4 Å². The van der Waals surface area contributed by atoms with Crippen molar-refractivity contribution in [3.63, 3.8) is 0 Å². The van der Waals surface area contributed by atoms with Gasteiger partial charge in [0.05, 0.1) is 18.2 Å². The normalized spacial score (nSPS) is 15.3. The lowest BCUT2D eigenvalue weighted by Gasteiger charge is -2.22. The molecule has 4 nitrogen and oxygen atoms in total. The van der Waals surface area contributed by atoms with Gasteiger partial charge in [-0.15, -0.1) is 11.3 Å². The lowest BCUT2D eigenvalue weighted by Crippen LogP contribution is -2.21. The number of fused-ring (bicyclic) bond motifs is 1. The molecule has 0 amide bonds. The molecule has 1 saturated carbocycles. The van der Waals surface area contributed by atoms with E-state index in [9.17, 15) is 0 Å². The minimum atomic E-state index is 0.518. The zero-order valence-corrected chi connectivity index (χ0v) is 15.1. The van der Waals surface area contributed by atoms with Crippen molar-refractivity contribution < 1.29 is 0 Å². The van der Waals surface area contributed by atoms with Gasteiger partial charge in [-0.1, -0.05) is 37.5 Å². The standard InChI is InChI=1S/C20H22N4S/c21-11-6-12-24-13-17(16-9-4-5-10-19(16)24)18-14-25-20(23-18)22-15-7-2-1-3-8-15/h4-5,9-10,13-15H,1-3,6-8,12H2,(H,22,23). The molecule has 1 fully saturated rings. The highest BCUT2D eigenvalue weighted by molar-refractivity contribution is 7.14. The fourth-order valence-electron chi connectivity index (χ4n) is 3.69. The Morgan fingerprint density at radius 1 is 1.24 bits per heavy atom. The monoisotopic (exact) mass is 350 g/mol. The lowest BCUT2D eigenvalue weighted by atomic mass is 9.96.